The molecule has 1 aromatic carbocycles. The summed E-state index contributed by atoms with van der Waals surface area (Å²) in [6, 6.07) is 5.82. The van der Waals surface area contributed by atoms with Crippen molar-refractivity contribution in [3.63, 3.8) is 0 Å². The number of aromatic amines is 1. The van der Waals surface area contributed by atoms with Crippen LogP contribution in [0.5, 0.6) is 5.75 Å². The highest BCUT2D eigenvalue weighted by atomic mass is 16.5. The van der Waals surface area contributed by atoms with Crippen molar-refractivity contribution in [2.45, 2.75) is 19.8 Å². The lowest BCUT2D eigenvalue weighted by atomic mass is 10.3. The van der Waals surface area contributed by atoms with Crippen LogP contribution >= 0.6 is 0 Å². The van der Waals surface area contributed by atoms with E-state index in [1.165, 1.54) is 6.42 Å². The van der Waals surface area contributed by atoms with Crippen molar-refractivity contribution in [2.75, 3.05) is 19.0 Å². The van der Waals surface area contributed by atoms with Crippen LogP contribution in [-0.4, -0.2) is 23.6 Å². The summed E-state index contributed by atoms with van der Waals surface area (Å²) in [6.45, 7) is 3.12. The molecule has 0 amide bonds. The molecule has 2 rings (SSSR count). The number of hydrogen-bond acceptors (Lipinski definition) is 3. The Hall–Kier alpha value is -1.71. The third-order valence-electron chi connectivity index (χ3n) is 2.51. The summed E-state index contributed by atoms with van der Waals surface area (Å²) in [5.74, 6) is 1.67. The molecule has 16 heavy (non-hydrogen) atoms. The van der Waals surface area contributed by atoms with Crippen molar-refractivity contribution < 1.29 is 4.74 Å². The molecule has 4 heteroatoms. The molecule has 2 aromatic rings. The number of anilines is 1. The van der Waals surface area contributed by atoms with Gasteiger partial charge in [-0.3, -0.25) is 0 Å². The topological polar surface area (TPSA) is 49.9 Å². The van der Waals surface area contributed by atoms with Crippen LogP contribution in [0.1, 0.15) is 19.8 Å². The molecule has 0 aliphatic heterocycles. The number of unbranched alkanes of at least 4 members (excludes halogenated alkanes) is 1. The first-order chi connectivity index (χ1) is 7.83. The number of ether oxygens (including phenoxy) is 1. The number of aromatic nitrogens is 2. The maximum atomic E-state index is 5.16. The molecule has 4 nitrogen and oxygen atoms in total. The number of rotatable bonds is 5. The van der Waals surface area contributed by atoms with E-state index in [4.69, 9.17) is 4.74 Å². The number of nitrogens with one attached hydrogen (secondary N) is 2. The predicted octanol–water partition coefficient (Wildman–Crippen LogP) is 2.78. The Morgan fingerprint density at radius 3 is 3.06 bits per heavy atom. The lowest BCUT2D eigenvalue weighted by Gasteiger charge is -1.99. The summed E-state index contributed by atoms with van der Waals surface area (Å²) in [7, 11) is 1.66. The van der Waals surface area contributed by atoms with Crippen molar-refractivity contribution in [1.82, 2.24) is 9.97 Å². The minimum atomic E-state index is 0.830. The van der Waals surface area contributed by atoms with Crippen LogP contribution in [-0.2, 0) is 0 Å². The molecule has 2 N–H and O–H groups in total. The van der Waals surface area contributed by atoms with Gasteiger partial charge >= 0.3 is 0 Å². The van der Waals surface area contributed by atoms with Crippen LogP contribution in [0.2, 0.25) is 0 Å². The average Bonchev–Trinajstić information content (AvgIpc) is 2.70. The Labute approximate surface area is 95.0 Å². The number of benzene rings is 1. The summed E-state index contributed by atoms with van der Waals surface area (Å²) in [4.78, 5) is 7.66. The standard InChI is InChI=1S/C12H17N3O/c1-3-4-7-13-12-14-10-6-5-9(16-2)8-11(10)15-12/h5-6,8H,3-4,7H2,1-2H3,(H2,13,14,15). The molecule has 0 radical (unpaired) electrons. The third-order valence-corrected chi connectivity index (χ3v) is 2.51. The fourth-order valence-electron chi connectivity index (χ4n) is 1.58. The summed E-state index contributed by atoms with van der Waals surface area (Å²) >= 11 is 0. The van der Waals surface area contributed by atoms with Gasteiger partial charge in [0.05, 0.1) is 18.1 Å². The third kappa shape index (κ3) is 2.27. The normalized spacial score (nSPS) is 10.6. The van der Waals surface area contributed by atoms with Gasteiger partial charge in [0.2, 0.25) is 5.95 Å². The highest BCUT2D eigenvalue weighted by molar-refractivity contribution is 5.79. The zero-order valence-corrected chi connectivity index (χ0v) is 9.71. The number of H-pyrrole nitrogens is 1. The lowest BCUT2D eigenvalue weighted by molar-refractivity contribution is 0.415. The predicted molar refractivity (Wildman–Crippen MR) is 66.0 cm³/mol. The number of fused-ring (bicyclic) bond motifs is 1. The van der Waals surface area contributed by atoms with Crippen molar-refractivity contribution in [2.24, 2.45) is 0 Å². The second kappa shape index (κ2) is 4.88. The smallest absolute Gasteiger partial charge is 0.201 e. The van der Waals surface area contributed by atoms with Crippen LogP contribution in [0.4, 0.5) is 5.95 Å². The second-order valence-electron chi connectivity index (χ2n) is 3.75. The average molecular weight is 219 g/mol. The Morgan fingerprint density at radius 2 is 2.31 bits per heavy atom. The molecule has 0 saturated carbocycles. The molecule has 0 spiro atoms. The zero-order valence-electron chi connectivity index (χ0n) is 9.71. The SMILES string of the molecule is CCCCNc1nc2ccc(OC)cc2[nH]1. The minimum absolute atomic E-state index is 0.830. The van der Waals surface area contributed by atoms with E-state index in [0.717, 1.165) is 35.7 Å². The zero-order chi connectivity index (χ0) is 11.4. The van der Waals surface area contributed by atoms with E-state index in [9.17, 15) is 0 Å². The fraction of sp³-hybridized carbons (Fsp3) is 0.417. The number of imidazole rings is 1. The highest BCUT2D eigenvalue weighted by Gasteiger charge is 2.02. The summed E-state index contributed by atoms with van der Waals surface area (Å²) < 4.78 is 5.16. The van der Waals surface area contributed by atoms with Gasteiger partial charge in [0.1, 0.15) is 5.75 Å². The summed E-state index contributed by atoms with van der Waals surface area (Å²) in [5, 5.41) is 3.26. The van der Waals surface area contributed by atoms with Gasteiger partial charge in [0.15, 0.2) is 0 Å². The first-order valence-corrected chi connectivity index (χ1v) is 5.61. The monoisotopic (exact) mass is 219 g/mol. The molecule has 0 aliphatic carbocycles. The molecule has 0 bridgehead atoms. The molecule has 0 saturated heterocycles. The lowest BCUT2D eigenvalue weighted by Crippen LogP contribution is -2.01. The van der Waals surface area contributed by atoms with E-state index in [0.29, 0.717) is 0 Å². The molecule has 86 valence electrons. The van der Waals surface area contributed by atoms with Crippen LogP contribution in [0.15, 0.2) is 18.2 Å². The van der Waals surface area contributed by atoms with E-state index >= 15 is 0 Å². The van der Waals surface area contributed by atoms with Crippen LogP contribution in [0, 0.1) is 0 Å². The van der Waals surface area contributed by atoms with Crippen LogP contribution in [0.3, 0.4) is 0 Å². The molecule has 0 aliphatic rings. The van der Waals surface area contributed by atoms with E-state index in [1.54, 1.807) is 7.11 Å². The first-order valence-electron chi connectivity index (χ1n) is 5.61. The van der Waals surface area contributed by atoms with Crippen LogP contribution in [0.25, 0.3) is 11.0 Å². The van der Waals surface area contributed by atoms with Gasteiger partial charge in [-0.25, -0.2) is 4.98 Å². The minimum Gasteiger partial charge on any atom is -0.497 e. The Balaban J connectivity index is 2.16. The maximum absolute atomic E-state index is 5.16. The number of hydrogen-bond donors (Lipinski definition) is 2. The number of nitrogens with zero attached hydrogens (tertiary/aromatic N) is 1. The van der Waals surface area contributed by atoms with Crippen molar-refractivity contribution in [3.8, 4) is 5.75 Å². The molecule has 1 aromatic heterocycles. The molecule has 0 atom stereocenters. The molecule has 0 unspecified atom stereocenters. The van der Waals surface area contributed by atoms with E-state index in [2.05, 4.69) is 22.2 Å². The van der Waals surface area contributed by atoms with Gasteiger partial charge in [-0.1, -0.05) is 13.3 Å². The van der Waals surface area contributed by atoms with Gasteiger partial charge in [-0.15, -0.1) is 0 Å². The van der Waals surface area contributed by atoms with Gasteiger partial charge in [0, 0.05) is 12.6 Å². The quantitative estimate of drug-likeness (QED) is 0.760. The molecular weight excluding hydrogens is 202 g/mol. The maximum Gasteiger partial charge on any atom is 0.201 e. The van der Waals surface area contributed by atoms with Crippen molar-refractivity contribution in [1.29, 1.82) is 0 Å². The van der Waals surface area contributed by atoms with Crippen molar-refractivity contribution >= 4 is 17.0 Å². The fourth-order valence-corrected chi connectivity index (χ4v) is 1.58. The van der Waals surface area contributed by atoms with Gasteiger partial charge in [0.25, 0.3) is 0 Å². The number of methoxy groups -OCH3 is 1. The summed E-state index contributed by atoms with van der Waals surface area (Å²) in [6.07, 6.45) is 2.33. The van der Waals surface area contributed by atoms with Crippen molar-refractivity contribution in [3.05, 3.63) is 18.2 Å². The Morgan fingerprint density at radius 1 is 1.44 bits per heavy atom. The second-order valence-corrected chi connectivity index (χ2v) is 3.75. The largest absolute Gasteiger partial charge is 0.497 e. The molecule has 0 fully saturated rings. The Kier molecular flexibility index (Phi) is 3.29. The van der Waals surface area contributed by atoms with E-state index < -0.39 is 0 Å². The Bertz CT molecular complexity index is 464. The van der Waals surface area contributed by atoms with Gasteiger partial charge in [-0.2, -0.15) is 0 Å². The van der Waals surface area contributed by atoms with Crippen LogP contribution < -0.4 is 10.1 Å². The van der Waals surface area contributed by atoms with E-state index in [-0.39, 0.29) is 0 Å². The van der Waals surface area contributed by atoms with E-state index in [1.807, 2.05) is 18.2 Å². The first kappa shape index (κ1) is 10.8. The van der Waals surface area contributed by atoms with Gasteiger partial charge in [-0.05, 0) is 18.6 Å². The molecular formula is C12H17N3O. The van der Waals surface area contributed by atoms with Gasteiger partial charge < -0.3 is 15.0 Å². The molecule has 1 heterocycles. The summed E-state index contributed by atoms with van der Waals surface area (Å²) in [5.41, 5.74) is 1.96. The highest BCUT2D eigenvalue weighted by Crippen LogP contribution is 2.20.